The number of guanidine groups is 1. The van der Waals surface area contributed by atoms with Crippen molar-refractivity contribution in [3.63, 3.8) is 0 Å². The third-order valence-corrected chi connectivity index (χ3v) is 5.72. The van der Waals surface area contributed by atoms with Crippen LogP contribution in [0.4, 0.5) is 4.79 Å². The summed E-state index contributed by atoms with van der Waals surface area (Å²) in [5.74, 6) is -1.73. The highest BCUT2D eigenvalue weighted by Gasteiger charge is 2.42. The van der Waals surface area contributed by atoms with E-state index in [2.05, 4.69) is 15.6 Å². The zero-order valence-corrected chi connectivity index (χ0v) is 22.4. The first-order chi connectivity index (χ1) is 17.6. The van der Waals surface area contributed by atoms with Gasteiger partial charge in [0.05, 0.1) is 6.04 Å². The predicted octanol–water partition coefficient (Wildman–Crippen LogP) is 1.00. The average molecular weight is 553 g/mol. The van der Waals surface area contributed by atoms with Crippen molar-refractivity contribution in [1.29, 1.82) is 0 Å². The Labute approximate surface area is 228 Å². The number of likely N-dealkylation sites (tertiary alicyclic amines) is 1. The van der Waals surface area contributed by atoms with Crippen LogP contribution in [0.1, 0.15) is 51.5 Å². The number of aldehydes is 1. The first-order valence-corrected chi connectivity index (χ1v) is 12.3. The lowest BCUT2D eigenvalue weighted by molar-refractivity contribution is -0.136. The predicted molar refractivity (Wildman–Crippen MR) is 143 cm³/mol. The normalized spacial score (nSPS) is 16.1. The largest absolute Gasteiger partial charge is 0.444 e. The van der Waals surface area contributed by atoms with Gasteiger partial charge in [0, 0.05) is 13.0 Å². The minimum absolute atomic E-state index is 0. The maximum absolute atomic E-state index is 13.1. The number of aliphatic imine (C=N–C) groups is 1. The van der Waals surface area contributed by atoms with E-state index in [1.54, 1.807) is 24.3 Å². The van der Waals surface area contributed by atoms with Crippen LogP contribution in [0.5, 0.6) is 0 Å². The van der Waals surface area contributed by atoms with Crippen LogP contribution >= 0.6 is 12.4 Å². The molecule has 2 rings (SSSR count). The maximum Gasteiger partial charge on any atom is 0.417 e. The number of rotatable bonds is 13. The number of carbonyl (C=O) groups is 5. The fourth-order valence-corrected chi connectivity index (χ4v) is 3.90. The first-order valence-electron chi connectivity index (χ1n) is 12.3. The van der Waals surface area contributed by atoms with E-state index < -0.39 is 41.9 Å². The molecule has 1 aromatic rings. The Balaban J connectivity index is 0.00000722. The van der Waals surface area contributed by atoms with Gasteiger partial charge in [-0.1, -0.05) is 44.2 Å². The molecule has 0 radical (unpaired) electrons. The topological polar surface area (TPSA) is 186 Å². The molecule has 13 heteroatoms. The highest BCUT2D eigenvalue weighted by Crippen LogP contribution is 2.21. The molecule has 0 aliphatic carbocycles. The third kappa shape index (κ3) is 10.4. The minimum Gasteiger partial charge on any atom is -0.444 e. The number of nitrogens with one attached hydrogen (secondary N) is 2. The Hall–Kier alpha value is -3.67. The van der Waals surface area contributed by atoms with Gasteiger partial charge in [-0.2, -0.15) is 0 Å². The molecule has 1 fully saturated rings. The molecule has 4 amide bonds. The van der Waals surface area contributed by atoms with Crippen LogP contribution in [0.25, 0.3) is 0 Å². The Morgan fingerprint density at radius 1 is 1.18 bits per heavy atom. The Morgan fingerprint density at radius 2 is 1.87 bits per heavy atom. The van der Waals surface area contributed by atoms with Crippen LogP contribution in [0.15, 0.2) is 35.3 Å². The Bertz CT molecular complexity index is 986. The Kier molecular flexibility index (Phi) is 13.8. The summed E-state index contributed by atoms with van der Waals surface area (Å²) in [6.07, 6.45) is 0.876. The summed E-state index contributed by atoms with van der Waals surface area (Å²) in [7, 11) is 0. The van der Waals surface area contributed by atoms with E-state index in [0.717, 1.165) is 10.5 Å². The zero-order valence-electron chi connectivity index (χ0n) is 21.6. The summed E-state index contributed by atoms with van der Waals surface area (Å²) >= 11 is 0. The number of nitrogens with two attached hydrogens (primary N) is 2. The molecule has 1 saturated heterocycles. The van der Waals surface area contributed by atoms with Crippen LogP contribution in [-0.4, -0.2) is 65.6 Å². The average Bonchev–Trinajstić information content (AvgIpc) is 3.25. The fraction of sp³-hybridized carbons (Fsp3) is 0.520. The van der Waals surface area contributed by atoms with E-state index >= 15 is 0 Å². The van der Waals surface area contributed by atoms with Crippen molar-refractivity contribution in [2.24, 2.45) is 22.4 Å². The van der Waals surface area contributed by atoms with Gasteiger partial charge in [0.2, 0.25) is 17.7 Å². The van der Waals surface area contributed by atoms with E-state index in [4.69, 9.17) is 16.2 Å². The van der Waals surface area contributed by atoms with Crippen LogP contribution in [0.3, 0.4) is 0 Å². The van der Waals surface area contributed by atoms with E-state index in [9.17, 15) is 24.0 Å². The molecule has 1 aliphatic rings. The maximum atomic E-state index is 13.1. The smallest absolute Gasteiger partial charge is 0.417 e. The van der Waals surface area contributed by atoms with E-state index in [1.165, 1.54) is 0 Å². The summed E-state index contributed by atoms with van der Waals surface area (Å²) in [5.41, 5.74) is 11.3. The zero-order chi connectivity index (χ0) is 27.4. The number of imide groups is 1. The molecule has 0 unspecified atom stereocenters. The fourth-order valence-electron chi connectivity index (χ4n) is 3.90. The lowest BCUT2D eigenvalue weighted by atomic mass is 10.0. The molecule has 38 heavy (non-hydrogen) atoms. The second kappa shape index (κ2) is 16.2. The molecule has 3 atom stereocenters. The van der Waals surface area contributed by atoms with Gasteiger partial charge in [-0.05, 0) is 37.2 Å². The number of amides is 4. The van der Waals surface area contributed by atoms with Crippen molar-refractivity contribution >= 4 is 48.5 Å². The highest BCUT2D eigenvalue weighted by atomic mass is 35.5. The molecule has 210 valence electrons. The van der Waals surface area contributed by atoms with Crippen LogP contribution in [-0.2, 0) is 30.5 Å². The van der Waals surface area contributed by atoms with Gasteiger partial charge in [-0.3, -0.25) is 19.4 Å². The number of halogens is 1. The molecule has 12 nitrogen and oxygen atoms in total. The quantitative estimate of drug-likeness (QED) is 0.121. The Morgan fingerprint density at radius 3 is 2.47 bits per heavy atom. The lowest BCUT2D eigenvalue weighted by Gasteiger charge is -2.26. The van der Waals surface area contributed by atoms with Gasteiger partial charge in [0.1, 0.15) is 25.0 Å². The number of hydrogen-bond acceptors (Lipinski definition) is 7. The first kappa shape index (κ1) is 32.4. The highest BCUT2D eigenvalue weighted by molar-refractivity contribution is 6.01. The van der Waals surface area contributed by atoms with Gasteiger partial charge >= 0.3 is 6.09 Å². The van der Waals surface area contributed by atoms with E-state index in [1.807, 2.05) is 19.9 Å². The van der Waals surface area contributed by atoms with Gasteiger partial charge < -0.3 is 31.6 Å². The van der Waals surface area contributed by atoms with Crippen LogP contribution in [0, 0.1) is 5.92 Å². The van der Waals surface area contributed by atoms with Crippen molar-refractivity contribution in [2.45, 2.75) is 70.7 Å². The van der Waals surface area contributed by atoms with Crippen molar-refractivity contribution in [3.05, 3.63) is 35.9 Å². The molecule has 1 heterocycles. The molecular formula is C25H37ClN6O6. The van der Waals surface area contributed by atoms with Gasteiger partial charge in [-0.25, -0.2) is 9.69 Å². The number of carbonyl (C=O) groups excluding carboxylic acids is 5. The molecule has 0 bridgehead atoms. The minimum atomic E-state index is -1.10. The number of hydrogen-bond donors (Lipinski definition) is 4. The summed E-state index contributed by atoms with van der Waals surface area (Å²) < 4.78 is 5.25. The third-order valence-electron chi connectivity index (χ3n) is 5.72. The molecule has 1 aliphatic heterocycles. The van der Waals surface area contributed by atoms with Crippen molar-refractivity contribution in [2.75, 3.05) is 6.54 Å². The molecule has 0 saturated carbocycles. The van der Waals surface area contributed by atoms with Crippen LogP contribution < -0.4 is 22.1 Å². The summed E-state index contributed by atoms with van der Waals surface area (Å²) in [6, 6.07) is 6.09. The van der Waals surface area contributed by atoms with Crippen molar-refractivity contribution < 1.29 is 28.7 Å². The molecule has 0 aromatic heterocycles. The molecule has 6 N–H and O–H groups in total. The second-order valence-corrected chi connectivity index (χ2v) is 9.25. The van der Waals surface area contributed by atoms with Gasteiger partial charge in [0.25, 0.3) is 0 Å². The van der Waals surface area contributed by atoms with E-state index in [0.29, 0.717) is 25.7 Å². The van der Waals surface area contributed by atoms with Crippen LogP contribution in [0.2, 0.25) is 0 Å². The SMILES string of the molecule is CC(C)C[C@H](NC(=O)[C@@H]1CCC(=O)N1C(=O)OCc1ccccc1)C(=O)N[C@H](C=O)CCCN=C(N)N.Cl. The number of benzene rings is 1. The van der Waals surface area contributed by atoms with Crippen molar-refractivity contribution in [3.8, 4) is 0 Å². The second-order valence-electron chi connectivity index (χ2n) is 9.25. The summed E-state index contributed by atoms with van der Waals surface area (Å²) in [4.78, 5) is 67.2. The summed E-state index contributed by atoms with van der Waals surface area (Å²) in [6.45, 7) is 4.02. The van der Waals surface area contributed by atoms with Gasteiger partial charge in [0.15, 0.2) is 5.96 Å². The van der Waals surface area contributed by atoms with E-state index in [-0.39, 0.29) is 50.2 Å². The van der Waals surface area contributed by atoms with Crippen molar-refractivity contribution in [1.82, 2.24) is 15.5 Å². The van der Waals surface area contributed by atoms with Gasteiger partial charge in [-0.15, -0.1) is 12.4 Å². The standard InChI is InChI=1S/C25H36N6O6.ClH/c1-16(2)13-19(22(34)29-18(14-32)9-6-12-28-24(26)27)30-23(35)20-10-11-21(33)31(20)25(36)37-15-17-7-4-3-5-8-17;/h3-5,7-8,14,16,18-20H,6,9-13,15H2,1-2H3,(H,29,34)(H,30,35)(H4,26,27,28);1H/t18-,19-,20-;/m0./s1. The summed E-state index contributed by atoms with van der Waals surface area (Å²) in [5, 5.41) is 5.29. The number of ether oxygens (including phenoxy) is 1. The lowest BCUT2D eigenvalue weighted by Crippen LogP contribution is -2.55. The molecule has 0 spiro atoms. The monoisotopic (exact) mass is 552 g/mol. The molecular weight excluding hydrogens is 516 g/mol. The molecule has 1 aromatic carbocycles. The number of nitrogens with zero attached hydrogens (tertiary/aromatic N) is 2.